The quantitative estimate of drug-likeness (QED) is 0.278. The van der Waals surface area contributed by atoms with E-state index < -0.39 is 5.97 Å². The molecule has 0 fully saturated rings. The van der Waals surface area contributed by atoms with Crippen molar-refractivity contribution in [3.05, 3.63) is 99.6 Å². The predicted molar refractivity (Wildman–Crippen MR) is 123 cm³/mol. The first-order chi connectivity index (χ1) is 14.5. The smallest absolute Gasteiger partial charge is 0.346 e. The fourth-order valence-electron chi connectivity index (χ4n) is 2.83. The average molecular weight is 500 g/mol. The zero-order chi connectivity index (χ0) is 21.1. The number of nitrogens with zero attached hydrogens (tertiary/aromatic N) is 2. The SMILES string of the molecule is Cc1nn(-c2ccccc2)c(OC(=O)c2ccccc2Br)c1Sc1ccc(Cl)cc1. The summed E-state index contributed by atoms with van der Waals surface area (Å²) in [7, 11) is 0. The number of rotatable bonds is 5. The van der Waals surface area contributed by atoms with Crippen molar-refractivity contribution in [2.75, 3.05) is 0 Å². The zero-order valence-corrected chi connectivity index (χ0v) is 19.0. The number of para-hydroxylation sites is 1. The van der Waals surface area contributed by atoms with Crippen LogP contribution >= 0.6 is 39.3 Å². The topological polar surface area (TPSA) is 44.1 Å². The Morgan fingerprint density at radius 2 is 1.67 bits per heavy atom. The van der Waals surface area contributed by atoms with Gasteiger partial charge >= 0.3 is 5.97 Å². The summed E-state index contributed by atoms with van der Waals surface area (Å²) in [6, 6.07) is 24.3. The molecule has 4 rings (SSSR count). The lowest BCUT2D eigenvalue weighted by Crippen LogP contribution is -2.12. The fraction of sp³-hybridized carbons (Fsp3) is 0.0435. The van der Waals surface area contributed by atoms with Crippen molar-refractivity contribution in [1.82, 2.24) is 9.78 Å². The highest BCUT2D eigenvalue weighted by Crippen LogP contribution is 2.39. The van der Waals surface area contributed by atoms with Crippen molar-refractivity contribution in [2.45, 2.75) is 16.7 Å². The Labute approximate surface area is 192 Å². The van der Waals surface area contributed by atoms with Crippen LogP contribution in [-0.2, 0) is 0 Å². The molecule has 150 valence electrons. The number of halogens is 2. The number of esters is 1. The molecule has 0 bridgehead atoms. The minimum atomic E-state index is -0.461. The largest absolute Gasteiger partial charge is 0.402 e. The van der Waals surface area contributed by atoms with Gasteiger partial charge in [0.2, 0.25) is 5.88 Å². The van der Waals surface area contributed by atoms with Gasteiger partial charge in [0.25, 0.3) is 0 Å². The molecule has 7 heteroatoms. The summed E-state index contributed by atoms with van der Waals surface area (Å²) < 4.78 is 8.23. The highest BCUT2D eigenvalue weighted by Gasteiger charge is 2.23. The maximum absolute atomic E-state index is 13.0. The van der Waals surface area contributed by atoms with Crippen LogP contribution < -0.4 is 4.74 Å². The molecule has 4 aromatic rings. The monoisotopic (exact) mass is 498 g/mol. The Hall–Kier alpha value is -2.54. The molecule has 1 aromatic heterocycles. The standard InChI is InChI=1S/C23H16BrClN2O2S/c1-15-21(30-18-13-11-16(25)12-14-18)22(27(26-15)17-7-3-2-4-8-17)29-23(28)19-9-5-6-10-20(19)24/h2-14H,1H3. The van der Waals surface area contributed by atoms with Crippen LogP contribution in [0.2, 0.25) is 5.02 Å². The molecule has 0 atom stereocenters. The molecule has 0 radical (unpaired) electrons. The molecule has 3 aromatic carbocycles. The van der Waals surface area contributed by atoms with Crippen LogP contribution in [-0.4, -0.2) is 15.7 Å². The number of aryl methyl sites for hydroxylation is 1. The number of aromatic nitrogens is 2. The Kier molecular flexibility index (Phi) is 6.27. The molecule has 0 saturated carbocycles. The highest BCUT2D eigenvalue weighted by molar-refractivity contribution is 9.10. The van der Waals surface area contributed by atoms with E-state index in [1.54, 1.807) is 22.9 Å². The second-order valence-corrected chi connectivity index (χ2v) is 8.77. The molecule has 0 aliphatic rings. The van der Waals surface area contributed by atoms with Crippen LogP contribution in [0, 0.1) is 6.92 Å². The van der Waals surface area contributed by atoms with E-state index in [1.165, 1.54) is 11.8 Å². The van der Waals surface area contributed by atoms with Gasteiger partial charge in [-0.1, -0.05) is 53.7 Å². The molecule has 0 aliphatic carbocycles. The number of carbonyl (C=O) groups is 1. The van der Waals surface area contributed by atoms with Gasteiger partial charge in [0, 0.05) is 14.4 Å². The first-order valence-electron chi connectivity index (χ1n) is 9.08. The van der Waals surface area contributed by atoms with Crippen molar-refractivity contribution >= 4 is 45.3 Å². The Morgan fingerprint density at radius 3 is 2.37 bits per heavy atom. The van der Waals surface area contributed by atoms with Crippen LogP contribution in [0.1, 0.15) is 16.1 Å². The fourth-order valence-corrected chi connectivity index (χ4v) is 4.32. The molecule has 0 unspecified atom stereocenters. The van der Waals surface area contributed by atoms with E-state index in [0.29, 0.717) is 20.9 Å². The normalized spacial score (nSPS) is 10.8. The maximum Gasteiger partial charge on any atom is 0.346 e. The third-order valence-electron chi connectivity index (χ3n) is 4.28. The maximum atomic E-state index is 13.0. The van der Waals surface area contributed by atoms with E-state index in [-0.39, 0.29) is 0 Å². The van der Waals surface area contributed by atoms with E-state index in [0.717, 1.165) is 21.2 Å². The summed E-state index contributed by atoms with van der Waals surface area (Å²) in [5, 5.41) is 5.31. The lowest BCUT2D eigenvalue weighted by molar-refractivity contribution is 0.0717. The van der Waals surface area contributed by atoms with Gasteiger partial charge in [-0.15, -0.1) is 0 Å². The van der Waals surface area contributed by atoms with Gasteiger partial charge in [-0.05, 0) is 71.4 Å². The Balaban J connectivity index is 1.78. The molecule has 1 heterocycles. The van der Waals surface area contributed by atoms with Gasteiger partial charge in [-0.25, -0.2) is 4.79 Å². The van der Waals surface area contributed by atoms with Gasteiger partial charge in [0.05, 0.1) is 21.8 Å². The van der Waals surface area contributed by atoms with Crippen LogP contribution in [0.4, 0.5) is 0 Å². The van der Waals surface area contributed by atoms with Gasteiger partial charge in [0.1, 0.15) is 0 Å². The first kappa shape index (κ1) is 20.7. The Bertz CT molecular complexity index is 1190. The molecule has 0 aliphatic heterocycles. The van der Waals surface area contributed by atoms with Gasteiger partial charge in [-0.2, -0.15) is 9.78 Å². The van der Waals surface area contributed by atoms with E-state index in [4.69, 9.17) is 16.3 Å². The van der Waals surface area contributed by atoms with E-state index in [2.05, 4.69) is 21.0 Å². The molecule has 0 spiro atoms. The van der Waals surface area contributed by atoms with Crippen molar-refractivity contribution < 1.29 is 9.53 Å². The number of ether oxygens (including phenoxy) is 1. The first-order valence-corrected chi connectivity index (χ1v) is 11.1. The summed E-state index contributed by atoms with van der Waals surface area (Å²) in [6.45, 7) is 1.90. The number of hydrogen-bond donors (Lipinski definition) is 0. The number of carbonyl (C=O) groups excluding carboxylic acids is 1. The molecule has 0 saturated heterocycles. The summed E-state index contributed by atoms with van der Waals surface area (Å²) in [5.41, 5.74) is 2.01. The third kappa shape index (κ3) is 4.46. The second kappa shape index (κ2) is 9.08. The molecule has 0 N–H and O–H groups in total. The lowest BCUT2D eigenvalue weighted by Gasteiger charge is -2.11. The molecule has 4 nitrogen and oxygen atoms in total. The van der Waals surface area contributed by atoms with Crippen LogP contribution in [0.15, 0.2) is 93.1 Å². The van der Waals surface area contributed by atoms with Gasteiger partial charge in [0.15, 0.2) is 0 Å². The summed E-state index contributed by atoms with van der Waals surface area (Å²) in [4.78, 5) is 14.7. The van der Waals surface area contributed by atoms with Crippen molar-refractivity contribution in [3.63, 3.8) is 0 Å². The van der Waals surface area contributed by atoms with Crippen molar-refractivity contribution in [2.24, 2.45) is 0 Å². The van der Waals surface area contributed by atoms with Crippen molar-refractivity contribution in [3.8, 4) is 11.6 Å². The summed E-state index contributed by atoms with van der Waals surface area (Å²) in [5.74, 6) is -0.0862. The molecule has 30 heavy (non-hydrogen) atoms. The summed E-state index contributed by atoms with van der Waals surface area (Å²) in [6.07, 6.45) is 0. The predicted octanol–water partition coefficient (Wildman–Crippen LogP) is 6.97. The molecular weight excluding hydrogens is 484 g/mol. The Morgan fingerprint density at radius 1 is 1.00 bits per heavy atom. The van der Waals surface area contributed by atoms with E-state index >= 15 is 0 Å². The average Bonchev–Trinajstić information content (AvgIpc) is 3.06. The number of hydrogen-bond acceptors (Lipinski definition) is 4. The van der Waals surface area contributed by atoms with Crippen molar-refractivity contribution in [1.29, 1.82) is 0 Å². The number of benzene rings is 3. The van der Waals surface area contributed by atoms with Gasteiger partial charge in [-0.3, -0.25) is 0 Å². The van der Waals surface area contributed by atoms with Crippen LogP contribution in [0.3, 0.4) is 0 Å². The minimum Gasteiger partial charge on any atom is -0.402 e. The van der Waals surface area contributed by atoms with E-state index in [1.807, 2.05) is 67.6 Å². The zero-order valence-electron chi connectivity index (χ0n) is 15.9. The van der Waals surface area contributed by atoms with Crippen LogP contribution in [0.5, 0.6) is 5.88 Å². The second-order valence-electron chi connectivity index (χ2n) is 6.39. The minimum absolute atomic E-state index is 0.374. The van der Waals surface area contributed by atoms with Gasteiger partial charge < -0.3 is 4.74 Å². The molecule has 0 amide bonds. The highest BCUT2D eigenvalue weighted by atomic mass is 79.9. The molecular formula is C23H16BrClN2O2S. The lowest BCUT2D eigenvalue weighted by atomic mass is 10.2. The third-order valence-corrected chi connectivity index (χ3v) is 6.41. The van der Waals surface area contributed by atoms with Crippen LogP contribution in [0.25, 0.3) is 5.69 Å². The van der Waals surface area contributed by atoms with E-state index in [9.17, 15) is 4.79 Å². The summed E-state index contributed by atoms with van der Waals surface area (Å²) >= 11 is 10.9.